The van der Waals surface area contributed by atoms with Crippen LogP contribution in [-0.2, 0) is 0 Å². The fraction of sp³-hybridized carbons (Fsp3) is 0. The molecular weight excluding hydrogens is 933 g/mol. The largest absolute Gasteiger partial charge is 0.299 e. The highest BCUT2D eigenvalue weighted by Gasteiger charge is 2.20. The van der Waals surface area contributed by atoms with E-state index in [0.29, 0.717) is 0 Å². The Morgan fingerprint density at radius 2 is 0.675 bits per heavy atom. The molecule has 0 aliphatic heterocycles. The van der Waals surface area contributed by atoms with Crippen LogP contribution in [0.3, 0.4) is 0 Å². The smallest absolute Gasteiger partial charge is 0.145 e. The number of aromatic nitrogens is 4. The Hall–Kier alpha value is -10.3. The summed E-state index contributed by atoms with van der Waals surface area (Å²) in [5.74, 6) is 0. The van der Waals surface area contributed by atoms with Gasteiger partial charge in [0.15, 0.2) is 0 Å². The summed E-state index contributed by atoms with van der Waals surface area (Å²) in [5.41, 5.74) is 24.5. The van der Waals surface area contributed by atoms with Gasteiger partial charge in [0.2, 0.25) is 0 Å². The highest BCUT2D eigenvalue weighted by molar-refractivity contribution is 6.13. The summed E-state index contributed by atoms with van der Waals surface area (Å²) in [6.45, 7) is 0. The first-order valence-electron chi connectivity index (χ1n) is 26.1. The lowest BCUT2D eigenvalue weighted by molar-refractivity contribution is 1.27. The second-order valence-corrected chi connectivity index (χ2v) is 19.5. The van der Waals surface area contributed by atoms with Crippen LogP contribution in [-0.4, -0.2) is 19.4 Å². The molecule has 0 amide bonds. The molecule has 0 saturated carbocycles. The summed E-state index contributed by atoms with van der Waals surface area (Å²) in [7, 11) is 0. The Kier molecular flexibility index (Phi) is 11.5. The molecule has 0 saturated heterocycles. The molecule has 4 nitrogen and oxygen atoms in total. The van der Waals surface area contributed by atoms with E-state index in [4.69, 9.17) is 9.97 Å². The fourth-order valence-corrected chi connectivity index (χ4v) is 11.3. The van der Waals surface area contributed by atoms with Crippen LogP contribution in [0.15, 0.2) is 292 Å². The summed E-state index contributed by atoms with van der Waals surface area (Å²) in [6.07, 6.45) is 7.66. The molecule has 14 aromatic rings. The van der Waals surface area contributed by atoms with Crippen molar-refractivity contribution in [1.29, 1.82) is 0 Å². The van der Waals surface area contributed by atoms with Gasteiger partial charge in [0.05, 0.1) is 16.9 Å². The van der Waals surface area contributed by atoms with Gasteiger partial charge in [-0.05, 0) is 161 Å². The van der Waals surface area contributed by atoms with Gasteiger partial charge in [0, 0.05) is 46.7 Å². The van der Waals surface area contributed by atoms with Gasteiger partial charge in [-0.1, -0.05) is 200 Å². The lowest BCUT2D eigenvalue weighted by atomic mass is 9.84. The third kappa shape index (κ3) is 8.45. The summed E-state index contributed by atoms with van der Waals surface area (Å²) >= 11 is 0. The molecule has 0 atom stereocenters. The minimum atomic E-state index is 0.935. The second kappa shape index (κ2) is 19.5. The van der Waals surface area contributed by atoms with E-state index in [1.807, 2.05) is 36.8 Å². The molecule has 0 N–H and O–H groups in total. The van der Waals surface area contributed by atoms with Crippen LogP contribution in [0, 0.1) is 0 Å². The Balaban J connectivity index is 0.966. The van der Waals surface area contributed by atoms with Gasteiger partial charge in [-0.2, -0.15) is 0 Å². The van der Waals surface area contributed by atoms with Gasteiger partial charge in [-0.3, -0.25) is 14.4 Å². The Morgan fingerprint density at radius 1 is 0.221 bits per heavy atom. The van der Waals surface area contributed by atoms with E-state index < -0.39 is 0 Å². The molecule has 0 unspecified atom stereocenters. The van der Waals surface area contributed by atoms with Crippen LogP contribution in [0.2, 0.25) is 0 Å². The van der Waals surface area contributed by atoms with Gasteiger partial charge in [0.1, 0.15) is 5.65 Å². The third-order valence-corrected chi connectivity index (χ3v) is 15.0. The standard InChI is InChI=1S/C73H48N4/c1-2-16-49(17-3-1)50-28-30-52(31-29-50)68-48-55(71-26-13-15-41-75-71)37-38-65(68)64-23-9-8-22-63(64)58-45-56(61-20-6-4-18-59(61)51-32-34-53(35-33-51)70-25-12-14-40-74-70)44-57(46-58)62-21-7-5-19-60(62)54-36-39-67-69(47-54)66-24-10-11-27-72(66)77-43-42-76-73(67)77/h1-48H. The van der Waals surface area contributed by atoms with E-state index >= 15 is 0 Å². The number of para-hydroxylation sites is 1. The normalized spacial score (nSPS) is 11.4. The van der Waals surface area contributed by atoms with Crippen LogP contribution in [0.4, 0.5) is 0 Å². The zero-order chi connectivity index (χ0) is 51.1. The van der Waals surface area contributed by atoms with E-state index in [0.717, 1.165) is 117 Å². The van der Waals surface area contributed by atoms with Crippen LogP contribution in [0.1, 0.15) is 0 Å². The van der Waals surface area contributed by atoms with Crippen molar-refractivity contribution in [2.45, 2.75) is 0 Å². The molecule has 0 bridgehead atoms. The zero-order valence-corrected chi connectivity index (χ0v) is 42.0. The first-order chi connectivity index (χ1) is 38.2. The monoisotopic (exact) mass is 980 g/mol. The van der Waals surface area contributed by atoms with Crippen molar-refractivity contribution in [3.63, 3.8) is 0 Å². The van der Waals surface area contributed by atoms with E-state index in [9.17, 15) is 0 Å². The molecule has 0 fully saturated rings. The van der Waals surface area contributed by atoms with Crippen LogP contribution in [0.5, 0.6) is 0 Å². The first-order valence-corrected chi connectivity index (χ1v) is 26.1. The summed E-state index contributed by atoms with van der Waals surface area (Å²) in [6, 6.07) is 96.6. The van der Waals surface area contributed by atoms with Crippen LogP contribution in [0.25, 0.3) is 139 Å². The minimum absolute atomic E-state index is 0.935. The zero-order valence-electron chi connectivity index (χ0n) is 42.0. The lowest BCUT2D eigenvalue weighted by Crippen LogP contribution is -1.94. The molecule has 0 spiro atoms. The number of imidazole rings is 1. The molecule has 77 heavy (non-hydrogen) atoms. The van der Waals surface area contributed by atoms with Gasteiger partial charge in [-0.15, -0.1) is 0 Å². The van der Waals surface area contributed by atoms with Gasteiger partial charge in [0.25, 0.3) is 0 Å². The molecule has 14 rings (SSSR count). The van der Waals surface area contributed by atoms with Crippen molar-refractivity contribution in [2.75, 3.05) is 0 Å². The SMILES string of the molecule is c1ccc(-c2ccc(-c3cc(-c4ccccn4)ccc3-c3ccccc3-c3cc(-c4ccccc4-c4ccc(-c5ccccn5)cc4)cc(-c4ccccc4-c4ccc5c(c4)c4ccccc4n4ccnc54)c3)cc2)cc1. The quantitative estimate of drug-likeness (QED) is 0.128. The van der Waals surface area contributed by atoms with Crippen molar-refractivity contribution in [2.24, 2.45) is 0 Å². The van der Waals surface area contributed by atoms with Crippen molar-refractivity contribution in [1.82, 2.24) is 19.4 Å². The Labute approximate surface area is 447 Å². The second-order valence-electron chi connectivity index (χ2n) is 19.5. The predicted molar refractivity (Wildman–Crippen MR) is 320 cm³/mol. The fourth-order valence-electron chi connectivity index (χ4n) is 11.3. The highest BCUT2D eigenvalue weighted by atomic mass is 15.0. The number of benzene rings is 10. The average Bonchev–Trinajstić information content (AvgIpc) is 4.04. The number of rotatable bonds is 10. The third-order valence-electron chi connectivity index (χ3n) is 15.0. The maximum atomic E-state index is 4.83. The van der Waals surface area contributed by atoms with Crippen LogP contribution < -0.4 is 0 Å². The maximum Gasteiger partial charge on any atom is 0.145 e. The summed E-state index contributed by atoms with van der Waals surface area (Å²) in [5, 5.41) is 3.50. The van der Waals surface area contributed by atoms with E-state index in [1.54, 1.807) is 0 Å². The number of hydrogen-bond acceptors (Lipinski definition) is 3. The van der Waals surface area contributed by atoms with E-state index in [2.05, 4.69) is 264 Å². The van der Waals surface area contributed by atoms with E-state index in [1.165, 1.54) is 21.9 Å². The molecule has 4 aromatic heterocycles. The number of hydrogen-bond donors (Lipinski definition) is 0. The molecule has 0 radical (unpaired) electrons. The highest BCUT2D eigenvalue weighted by Crippen LogP contribution is 2.45. The molecule has 360 valence electrons. The summed E-state index contributed by atoms with van der Waals surface area (Å²) < 4.78 is 2.20. The molecular formula is C73H48N4. The Bertz CT molecular complexity index is 4470. The van der Waals surface area contributed by atoms with Crippen LogP contribution >= 0.6 is 0 Å². The molecule has 0 aliphatic rings. The molecule has 4 heterocycles. The molecule has 4 heteroatoms. The maximum absolute atomic E-state index is 4.83. The van der Waals surface area contributed by atoms with Crippen molar-refractivity contribution >= 4 is 27.3 Å². The summed E-state index contributed by atoms with van der Waals surface area (Å²) in [4.78, 5) is 14.3. The molecule has 0 aliphatic carbocycles. The van der Waals surface area contributed by atoms with Crippen molar-refractivity contribution in [3.05, 3.63) is 292 Å². The first kappa shape index (κ1) is 45.3. The molecule has 10 aromatic carbocycles. The Morgan fingerprint density at radius 3 is 1.31 bits per heavy atom. The lowest BCUT2D eigenvalue weighted by Gasteiger charge is -2.19. The van der Waals surface area contributed by atoms with Crippen molar-refractivity contribution < 1.29 is 0 Å². The topological polar surface area (TPSA) is 43.1 Å². The minimum Gasteiger partial charge on any atom is -0.299 e. The number of fused-ring (bicyclic) bond motifs is 6. The van der Waals surface area contributed by atoms with Crippen molar-refractivity contribution in [3.8, 4) is 112 Å². The van der Waals surface area contributed by atoms with Gasteiger partial charge < -0.3 is 0 Å². The van der Waals surface area contributed by atoms with E-state index in [-0.39, 0.29) is 0 Å². The average molecular weight is 981 g/mol. The number of nitrogens with zero attached hydrogens (tertiary/aromatic N) is 4. The predicted octanol–water partition coefficient (Wildman–Crippen LogP) is 19.1. The van der Waals surface area contributed by atoms with Gasteiger partial charge >= 0.3 is 0 Å². The number of pyridine rings is 3. The van der Waals surface area contributed by atoms with Gasteiger partial charge in [-0.25, -0.2) is 4.98 Å².